The fourth-order valence-corrected chi connectivity index (χ4v) is 8.75. The Kier molecular flexibility index (Phi) is 6.38. The van der Waals surface area contributed by atoms with E-state index >= 15 is 0 Å². The molecule has 3 nitrogen and oxygen atoms in total. The van der Waals surface area contributed by atoms with Crippen LogP contribution in [0, 0.1) is 0 Å². The molecular weight excluding hydrogens is 631 g/mol. The molecular formula is C49H33N3. The van der Waals surface area contributed by atoms with Crippen molar-refractivity contribution in [2.24, 2.45) is 4.99 Å². The molecule has 0 saturated heterocycles. The lowest BCUT2D eigenvalue weighted by Gasteiger charge is -2.29. The smallest absolute Gasteiger partial charge is 0.141 e. The molecule has 1 aromatic heterocycles. The molecule has 0 fully saturated rings. The van der Waals surface area contributed by atoms with E-state index in [-0.39, 0.29) is 12.2 Å². The van der Waals surface area contributed by atoms with Gasteiger partial charge in [-0.2, -0.15) is 0 Å². The van der Waals surface area contributed by atoms with Crippen LogP contribution >= 0.6 is 0 Å². The van der Waals surface area contributed by atoms with Gasteiger partial charge in [0.15, 0.2) is 0 Å². The Hall–Kier alpha value is -6.71. The lowest BCUT2D eigenvalue weighted by Crippen LogP contribution is -2.29. The molecule has 3 heteroatoms. The molecule has 52 heavy (non-hydrogen) atoms. The predicted octanol–water partition coefficient (Wildman–Crippen LogP) is 12.2. The fraction of sp³-hybridized carbons (Fsp3) is 0.0408. The van der Waals surface area contributed by atoms with E-state index in [1.807, 2.05) is 0 Å². The van der Waals surface area contributed by atoms with E-state index in [0.717, 1.165) is 17.0 Å². The van der Waals surface area contributed by atoms with Gasteiger partial charge in [0.05, 0.1) is 22.8 Å². The van der Waals surface area contributed by atoms with Crippen LogP contribution in [0.1, 0.15) is 17.2 Å². The number of hydrogen-bond donors (Lipinski definition) is 0. The zero-order valence-corrected chi connectivity index (χ0v) is 28.4. The molecule has 2 aliphatic rings. The van der Waals surface area contributed by atoms with Crippen LogP contribution in [0.4, 0.5) is 0 Å². The van der Waals surface area contributed by atoms with Gasteiger partial charge in [-0.25, -0.2) is 0 Å². The van der Waals surface area contributed by atoms with Gasteiger partial charge in [-0.3, -0.25) is 4.99 Å². The maximum absolute atomic E-state index is 5.22. The third-order valence-electron chi connectivity index (χ3n) is 11.0. The van der Waals surface area contributed by atoms with Crippen LogP contribution in [0.5, 0.6) is 0 Å². The van der Waals surface area contributed by atoms with Crippen molar-refractivity contribution >= 4 is 59.8 Å². The largest absolute Gasteiger partial charge is 0.340 e. The van der Waals surface area contributed by atoms with Gasteiger partial charge in [-0.05, 0) is 85.6 Å². The summed E-state index contributed by atoms with van der Waals surface area (Å²) in [5.41, 5.74) is 9.52. The second kappa shape index (κ2) is 11.4. The van der Waals surface area contributed by atoms with Crippen molar-refractivity contribution in [1.82, 2.24) is 9.47 Å². The summed E-state index contributed by atoms with van der Waals surface area (Å²) in [5.74, 6) is 0. The molecule has 0 radical (unpaired) electrons. The molecule has 0 bridgehead atoms. The molecule has 2 atom stereocenters. The van der Waals surface area contributed by atoms with Gasteiger partial charge in [0.25, 0.3) is 0 Å². The number of fused-ring (bicyclic) bond motifs is 11. The Bertz CT molecular complexity index is 2950. The second-order valence-corrected chi connectivity index (χ2v) is 13.9. The Morgan fingerprint density at radius 1 is 0.481 bits per heavy atom. The van der Waals surface area contributed by atoms with Crippen molar-refractivity contribution in [3.8, 4) is 16.8 Å². The number of nitrogens with zero attached hydrogens (tertiary/aromatic N) is 3. The molecule has 8 aromatic carbocycles. The van der Waals surface area contributed by atoms with Crippen LogP contribution in [0.15, 0.2) is 193 Å². The van der Waals surface area contributed by atoms with Gasteiger partial charge in [-0.15, -0.1) is 0 Å². The first-order valence-electron chi connectivity index (χ1n) is 18.0. The highest BCUT2D eigenvalue weighted by molar-refractivity contribution is 6.36. The van der Waals surface area contributed by atoms with E-state index in [1.165, 1.54) is 70.8 Å². The van der Waals surface area contributed by atoms with E-state index in [9.17, 15) is 0 Å². The Morgan fingerprint density at radius 2 is 1.13 bits per heavy atom. The average molecular weight is 664 g/mol. The minimum Gasteiger partial charge on any atom is -0.340 e. The fourth-order valence-electron chi connectivity index (χ4n) is 8.75. The summed E-state index contributed by atoms with van der Waals surface area (Å²) in [7, 11) is 0. The van der Waals surface area contributed by atoms with Gasteiger partial charge in [-0.1, -0.05) is 146 Å². The van der Waals surface area contributed by atoms with E-state index < -0.39 is 0 Å². The molecule has 244 valence electrons. The zero-order valence-electron chi connectivity index (χ0n) is 28.4. The minimum atomic E-state index is 0.0113. The highest BCUT2D eigenvalue weighted by Crippen LogP contribution is 2.45. The van der Waals surface area contributed by atoms with Crippen molar-refractivity contribution in [2.75, 3.05) is 0 Å². The molecule has 0 amide bonds. The van der Waals surface area contributed by atoms with E-state index in [1.54, 1.807) is 0 Å². The van der Waals surface area contributed by atoms with Crippen LogP contribution in [-0.4, -0.2) is 21.3 Å². The highest BCUT2D eigenvalue weighted by Gasteiger charge is 2.35. The minimum absolute atomic E-state index is 0.0113. The summed E-state index contributed by atoms with van der Waals surface area (Å²) in [6.07, 6.45) is 8.56. The van der Waals surface area contributed by atoms with Gasteiger partial charge >= 0.3 is 0 Å². The maximum Gasteiger partial charge on any atom is 0.141 e. The number of allylic oxidation sites excluding steroid dienone is 2. The second-order valence-electron chi connectivity index (χ2n) is 13.9. The number of hydrogen-bond acceptors (Lipinski definition) is 2. The summed E-state index contributed by atoms with van der Waals surface area (Å²) in [6.45, 7) is 0. The first-order chi connectivity index (χ1) is 25.8. The van der Waals surface area contributed by atoms with Crippen molar-refractivity contribution in [1.29, 1.82) is 0 Å². The molecule has 0 N–H and O–H groups in total. The quantitative estimate of drug-likeness (QED) is 0.172. The SMILES string of the molecule is C1=CC2N=C(c3ccc(-c4ccc5c(c4)c4c6ccccc6c6ccc7ccccc7c6c4n5-c4ccccc4)cc3)C(c3ccccc3)N2C=C1. The van der Waals surface area contributed by atoms with Crippen molar-refractivity contribution in [3.63, 3.8) is 0 Å². The molecule has 3 heterocycles. The first kappa shape index (κ1) is 29.1. The summed E-state index contributed by atoms with van der Waals surface area (Å²) in [4.78, 5) is 7.58. The van der Waals surface area contributed by atoms with Gasteiger partial charge in [0.2, 0.25) is 0 Å². The van der Waals surface area contributed by atoms with Crippen LogP contribution < -0.4 is 0 Å². The van der Waals surface area contributed by atoms with Crippen LogP contribution in [0.3, 0.4) is 0 Å². The van der Waals surface area contributed by atoms with E-state index in [0.29, 0.717) is 0 Å². The topological polar surface area (TPSA) is 20.5 Å². The zero-order chi connectivity index (χ0) is 34.2. The van der Waals surface area contributed by atoms with Gasteiger partial charge < -0.3 is 9.47 Å². The van der Waals surface area contributed by atoms with Crippen molar-refractivity contribution in [3.05, 3.63) is 199 Å². The lowest BCUT2D eigenvalue weighted by molar-refractivity contribution is 0.321. The maximum atomic E-state index is 5.22. The first-order valence-corrected chi connectivity index (χ1v) is 18.0. The van der Waals surface area contributed by atoms with Crippen LogP contribution in [0.25, 0.3) is 70.9 Å². The monoisotopic (exact) mass is 663 g/mol. The molecule has 0 saturated carbocycles. The Morgan fingerprint density at radius 3 is 1.96 bits per heavy atom. The van der Waals surface area contributed by atoms with Crippen LogP contribution in [0.2, 0.25) is 0 Å². The van der Waals surface area contributed by atoms with Crippen LogP contribution in [-0.2, 0) is 0 Å². The number of rotatable bonds is 4. The standard InChI is InChI=1S/C49H33N3/c1-3-14-35(15-4-1)48-47(50-44-21-11-12-30-51(44)48)34-24-22-32(23-25-34)36-27-29-43-42(31-36)46-40-20-10-9-19-39(40)41-28-26-33-13-7-8-18-38(33)45(41)49(46)52(43)37-16-5-2-6-17-37/h1-31,44,48H. The van der Waals surface area contributed by atoms with Crippen molar-refractivity contribution in [2.45, 2.75) is 12.2 Å². The number of benzene rings is 8. The number of aromatic nitrogens is 1. The predicted molar refractivity (Wildman–Crippen MR) is 218 cm³/mol. The summed E-state index contributed by atoms with van der Waals surface area (Å²) < 4.78 is 2.48. The Balaban J connectivity index is 1.13. The van der Waals surface area contributed by atoms with Crippen molar-refractivity contribution < 1.29 is 0 Å². The summed E-state index contributed by atoms with van der Waals surface area (Å²) in [5, 5.41) is 10.2. The molecule has 11 rings (SSSR count). The molecule has 2 unspecified atom stereocenters. The van der Waals surface area contributed by atoms with Gasteiger partial charge in [0.1, 0.15) is 6.17 Å². The number of para-hydroxylation sites is 1. The molecule has 0 aliphatic carbocycles. The molecule has 2 aliphatic heterocycles. The highest BCUT2D eigenvalue weighted by atomic mass is 15.3. The normalized spacial score (nSPS) is 16.8. The summed E-state index contributed by atoms with van der Waals surface area (Å²) >= 11 is 0. The van der Waals surface area contributed by atoms with Gasteiger partial charge in [0, 0.05) is 28.0 Å². The molecule has 0 spiro atoms. The third-order valence-corrected chi connectivity index (χ3v) is 11.0. The summed E-state index contributed by atoms with van der Waals surface area (Å²) in [6, 6.07) is 60.0. The Labute approximate surface area is 301 Å². The van der Waals surface area contributed by atoms with E-state index in [4.69, 9.17) is 4.99 Å². The average Bonchev–Trinajstić information content (AvgIpc) is 3.78. The molecule has 9 aromatic rings. The lowest BCUT2D eigenvalue weighted by atomic mass is 9.92. The number of aliphatic imine (C=N–C) groups is 1. The van der Waals surface area contributed by atoms with E-state index in [2.05, 4.69) is 198 Å². The third kappa shape index (κ3) is 4.29.